The van der Waals surface area contributed by atoms with Crippen molar-refractivity contribution in [2.75, 3.05) is 6.61 Å². The Hall–Kier alpha value is -0.530. The van der Waals surface area contributed by atoms with Crippen LogP contribution in [0.4, 0.5) is 0 Å². The largest absolute Gasteiger partial charge is 0.396 e. The molecule has 0 amide bonds. The summed E-state index contributed by atoms with van der Waals surface area (Å²) in [7, 11) is 0. The highest BCUT2D eigenvalue weighted by molar-refractivity contribution is 6.30. The lowest BCUT2D eigenvalue weighted by molar-refractivity contribution is 0.272. The van der Waals surface area contributed by atoms with E-state index >= 15 is 0 Å². The van der Waals surface area contributed by atoms with Gasteiger partial charge in [0.15, 0.2) is 0 Å². The molecule has 1 aliphatic carbocycles. The number of hydrogen-bond acceptors (Lipinski definition) is 1. The normalized spacial score (nSPS) is 18.2. The summed E-state index contributed by atoms with van der Waals surface area (Å²) in [5, 5.41) is 9.93. The Bertz CT molecular complexity index is 331. The first-order valence-corrected chi connectivity index (χ1v) is 5.50. The Labute approximate surface area is 89.7 Å². The van der Waals surface area contributed by atoms with E-state index < -0.39 is 0 Å². The van der Waals surface area contributed by atoms with Gasteiger partial charge in [0.25, 0.3) is 0 Å². The van der Waals surface area contributed by atoms with Gasteiger partial charge in [0.05, 0.1) is 0 Å². The van der Waals surface area contributed by atoms with E-state index in [1.807, 2.05) is 19.1 Å². The van der Waals surface area contributed by atoms with E-state index in [0.29, 0.717) is 0 Å². The molecule has 0 saturated heterocycles. The maximum Gasteiger partial charge on any atom is 0.0497 e. The molecule has 0 aliphatic heterocycles. The van der Waals surface area contributed by atoms with Crippen molar-refractivity contribution in [1.82, 2.24) is 0 Å². The Morgan fingerprint density at radius 2 is 2.21 bits per heavy atom. The van der Waals surface area contributed by atoms with Gasteiger partial charge in [-0.05, 0) is 42.0 Å². The highest BCUT2D eigenvalue weighted by Gasteiger charge is 2.27. The van der Waals surface area contributed by atoms with Gasteiger partial charge in [-0.15, -0.1) is 0 Å². The van der Waals surface area contributed by atoms with Gasteiger partial charge in [0.2, 0.25) is 0 Å². The lowest BCUT2D eigenvalue weighted by atomic mass is 9.94. The lowest BCUT2D eigenvalue weighted by Gasteiger charge is -2.14. The molecule has 1 N–H and O–H groups in total. The molecule has 1 aromatic rings. The smallest absolute Gasteiger partial charge is 0.0497 e. The fraction of sp³-hybridized carbons (Fsp3) is 0.500. The zero-order valence-electron chi connectivity index (χ0n) is 8.33. The number of aliphatic hydroxyl groups excluding tert-OH is 1. The van der Waals surface area contributed by atoms with Gasteiger partial charge in [-0.25, -0.2) is 0 Å². The summed E-state index contributed by atoms with van der Waals surface area (Å²) in [4.78, 5) is 0. The molecule has 1 atom stereocenters. The maximum atomic E-state index is 9.16. The molecule has 1 unspecified atom stereocenters. The summed E-state index contributed by atoms with van der Waals surface area (Å²) in [5.41, 5.74) is 2.61. The molecule has 1 aliphatic rings. The van der Waals surface area contributed by atoms with Crippen molar-refractivity contribution in [1.29, 1.82) is 0 Å². The Balaban J connectivity index is 2.37. The molecule has 0 bridgehead atoms. The van der Waals surface area contributed by atoms with E-state index in [2.05, 4.69) is 6.07 Å². The molecule has 2 rings (SSSR count). The van der Waals surface area contributed by atoms with E-state index in [1.165, 1.54) is 24.0 Å². The predicted octanol–water partition coefficient (Wildman–Crippen LogP) is 3.31. The van der Waals surface area contributed by atoms with E-state index in [4.69, 9.17) is 16.7 Å². The molecular formula is C12H15ClO. The number of rotatable bonds is 3. The zero-order valence-corrected chi connectivity index (χ0v) is 9.09. The van der Waals surface area contributed by atoms with Gasteiger partial charge < -0.3 is 5.11 Å². The summed E-state index contributed by atoms with van der Waals surface area (Å²) < 4.78 is 0. The molecule has 1 saturated carbocycles. The molecule has 0 spiro atoms. The molecule has 0 radical (unpaired) electrons. The summed E-state index contributed by atoms with van der Waals surface area (Å²) in [6, 6.07) is 6.06. The van der Waals surface area contributed by atoms with Crippen LogP contribution in [-0.2, 0) is 0 Å². The standard InChI is InChI=1S/C12H15ClO/c1-8(7-14)12-6-10(13)4-5-11(12)9-2-3-9/h4-6,8-9,14H,2-3,7H2,1H3. The molecule has 76 valence electrons. The first kappa shape index (κ1) is 10.0. The van der Waals surface area contributed by atoms with Crippen LogP contribution < -0.4 is 0 Å². The maximum absolute atomic E-state index is 9.16. The van der Waals surface area contributed by atoms with Crippen molar-refractivity contribution in [2.45, 2.75) is 31.6 Å². The number of benzene rings is 1. The molecule has 2 heteroatoms. The molecule has 14 heavy (non-hydrogen) atoms. The summed E-state index contributed by atoms with van der Waals surface area (Å²) in [5.74, 6) is 0.917. The molecule has 0 heterocycles. The predicted molar refractivity (Wildman–Crippen MR) is 58.9 cm³/mol. The third-order valence-electron chi connectivity index (χ3n) is 2.87. The van der Waals surface area contributed by atoms with Crippen molar-refractivity contribution in [3.8, 4) is 0 Å². The van der Waals surface area contributed by atoms with E-state index in [0.717, 1.165) is 10.9 Å². The second-order valence-electron chi connectivity index (χ2n) is 4.13. The van der Waals surface area contributed by atoms with Crippen LogP contribution in [0.3, 0.4) is 0 Å². The molecular weight excluding hydrogens is 196 g/mol. The first-order valence-electron chi connectivity index (χ1n) is 5.12. The minimum absolute atomic E-state index is 0.195. The van der Waals surface area contributed by atoms with Crippen LogP contribution in [0.5, 0.6) is 0 Å². The van der Waals surface area contributed by atoms with Gasteiger partial charge in [0, 0.05) is 17.5 Å². The zero-order chi connectivity index (χ0) is 10.1. The van der Waals surface area contributed by atoms with Crippen LogP contribution >= 0.6 is 11.6 Å². The van der Waals surface area contributed by atoms with Gasteiger partial charge in [-0.3, -0.25) is 0 Å². The van der Waals surface area contributed by atoms with Crippen LogP contribution in [0, 0.1) is 0 Å². The van der Waals surface area contributed by atoms with Crippen molar-refractivity contribution >= 4 is 11.6 Å². The van der Waals surface area contributed by atoms with Crippen LogP contribution in [0.2, 0.25) is 5.02 Å². The van der Waals surface area contributed by atoms with E-state index in [9.17, 15) is 0 Å². The van der Waals surface area contributed by atoms with Gasteiger partial charge in [-0.1, -0.05) is 24.6 Å². The second kappa shape index (κ2) is 3.92. The van der Waals surface area contributed by atoms with Crippen molar-refractivity contribution in [3.63, 3.8) is 0 Å². The fourth-order valence-electron chi connectivity index (χ4n) is 1.84. The quantitative estimate of drug-likeness (QED) is 0.812. The Kier molecular flexibility index (Phi) is 2.80. The minimum Gasteiger partial charge on any atom is -0.396 e. The third kappa shape index (κ3) is 1.94. The van der Waals surface area contributed by atoms with Gasteiger partial charge in [-0.2, -0.15) is 0 Å². The minimum atomic E-state index is 0.195. The van der Waals surface area contributed by atoms with E-state index in [1.54, 1.807) is 0 Å². The van der Waals surface area contributed by atoms with Crippen molar-refractivity contribution in [2.24, 2.45) is 0 Å². The van der Waals surface area contributed by atoms with E-state index in [-0.39, 0.29) is 12.5 Å². The monoisotopic (exact) mass is 210 g/mol. The first-order chi connectivity index (χ1) is 6.72. The average molecular weight is 211 g/mol. The molecule has 0 aromatic heterocycles. The van der Waals surface area contributed by atoms with Crippen LogP contribution in [0.15, 0.2) is 18.2 Å². The van der Waals surface area contributed by atoms with Gasteiger partial charge >= 0.3 is 0 Å². The SMILES string of the molecule is CC(CO)c1cc(Cl)ccc1C1CC1. The van der Waals surface area contributed by atoms with Crippen LogP contribution in [0.25, 0.3) is 0 Å². The summed E-state index contributed by atoms with van der Waals surface area (Å²) in [6.07, 6.45) is 2.57. The lowest BCUT2D eigenvalue weighted by Crippen LogP contribution is -2.02. The number of halogens is 1. The van der Waals surface area contributed by atoms with Gasteiger partial charge in [0.1, 0.15) is 0 Å². The summed E-state index contributed by atoms with van der Waals surface area (Å²) >= 11 is 5.96. The Morgan fingerprint density at radius 1 is 1.50 bits per heavy atom. The molecule has 1 fully saturated rings. The third-order valence-corrected chi connectivity index (χ3v) is 3.11. The van der Waals surface area contributed by atoms with Crippen molar-refractivity contribution < 1.29 is 5.11 Å². The Morgan fingerprint density at radius 3 is 2.79 bits per heavy atom. The highest BCUT2D eigenvalue weighted by atomic mass is 35.5. The van der Waals surface area contributed by atoms with Crippen LogP contribution in [-0.4, -0.2) is 11.7 Å². The average Bonchev–Trinajstić information content (AvgIpc) is 3.00. The fourth-order valence-corrected chi connectivity index (χ4v) is 2.02. The second-order valence-corrected chi connectivity index (χ2v) is 4.57. The molecule has 1 nitrogen and oxygen atoms in total. The number of hydrogen-bond donors (Lipinski definition) is 1. The summed E-state index contributed by atoms with van der Waals surface area (Å²) in [6.45, 7) is 2.23. The topological polar surface area (TPSA) is 20.2 Å². The number of aliphatic hydroxyl groups is 1. The molecule has 1 aromatic carbocycles. The highest BCUT2D eigenvalue weighted by Crippen LogP contribution is 2.43. The van der Waals surface area contributed by atoms with Crippen molar-refractivity contribution in [3.05, 3.63) is 34.3 Å². The van der Waals surface area contributed by atoms with Crippen LogP contribution in [0.1, 0.15) is 42.7 Å².